The van der Waals surface area contributed by atoms with Crippen molar-refractivity contribution in [3.63, 3.8) is 0 Å². The van der Waals surface area contributed by atoms with Crippen LogP contribution >= 0.6 is 11.8 Å². The molecule has 3 aromatic carbocycles. The molecule has 0 bridgehead atoms. The summed E-state index contributed by atoms with van der Waals surface area (Å²) < 4.78 is 75.3. The molecule has 52 heavy (non-hydrogen) atoms. The number of thioether (sulfide) groups is 1. The fraction of sp³-hybridized carbons (Fsp3) is 0.324. The second-order valence-corrected chi connectivity index (χ2v) is 12.4. The largest absolute Gasteiger partial charge is 0.508 e. The lowest BCUT2D eigenvalue weighted by Gasteiger charge is -2.37. The normalized spacial score (nSPS) is 14.4. The van der Waals surface area contributed by atoms with Gasteiger partial charge in [0.05, 0.1) is 17.9 Å². The van der Waals surface area contributed by atoms with Crippen molar-refractivity contribution in [1.82, 2.24) is 20.9 Å². The average molecular weight is 754 g/mol. The van der Waals surface area contributed by atoms with Crippen LogP contribution < -0.4 is 16.4 Å². The summed E-state index contributed by atoms with van der Waals surface area (Å²) in [7, 11) is 0. The predicted octanol–water partition coefficient (Wildman–Crippen LogP) is 3.20. The van der Waals surface area contributed by atoms with E-state index in [9.17, 15) is 43.1 Å². The van der Waals surface area contributed by atoms with Crippen LogP contribution in [0.2, 0.25) is 0 Å². The molecule has 4 amide bonds. The number of carbonyl (C=O) groups excluding carboxylic acids is 4. The van der Waals surface area contributed by atoms with Crippen molar-refractivity contribution in [1.29, 1.82) is 0 Å². The maximum Gasteiger partial charge on any atom is 0.365 e. The number of hydrogen-bond donors (Lipinski definition) is 5. The molecule has 0 spiro atoms. The van der Waals surface area contributed by atoms with Gasteiger partial charge in [-0.2, -0.15) is 20.5 Å². The molecule has 0 radical (unpaired) electrons. The first-order chi connectivity index (χ1) is 24.5. The van der Waals surface area contributed by atoms with E-state index in [2.05, 4.69) is 10.6 Å². The molecule has 280 valence electrons. The molecular formula is C34H36F5N5O7S. The van der Waals surface area contributed by atoms with Crippen molar-refractivity contribution in [3.05, 3.63) is 102 Å². The van der Waals surface area contributed by atoms with Gasteiger partial charge in [0.1, 0.15) is 17.8 Å². The molecule has 0 saturated heterocycles. The Labute approximate surface area is 299 Å². The van der Waals surface area contributed by atoms with Gasteiger partial charge in [0.25, 0.3) is 5.91 Å². The number of hydrogen-bond acceptors (Lipinski definition) is 9. The molecule has 4 atom stereocenters. The highest BCUT2D eigenvalue weighted by Gasteiger charge is 2.70. The summed E-state index contributed by atoms with van der Waals surface area (Å²) in [6, 6.07) is 13.1. The molecule has 3 aromatic rings. The van der Waals surface area contributed by atoms with E-state index in [0.29, 0.717) is 23.3 Å². The Morgan fingerprint density at radius 3 is 1.94 bits per heavy atom. The van der Waals surface area contributed by atoms with Gasteiger partial charge in [-0.15, -0.1) is 0 Å². The van der Waals surface area contributed by atoms with Crippen LogP contribution in [0.15, 0.2) is 84.9 Å². The molecule has 0 heterocycles. The van der Waals surface area contributed by atoms with Crippen LogP contribution in [0.25, 0.3) is 0 Å². The third-order valence-electron chi connectivity index (χ3n) is 7.81. The first-order valence-corrected chi connectivity index (χ1v) is 16.9. The molecule has 18 heteroatoms. The zero-order valence-corrected chi connectivity index (χ0v) is 28.4. The van der Waals surface area contributed by atoms with Crippen LogP contribution in [0.3, 0.4) is 0 Å². The first-order valence-electron chi connectivity index (χ1n) is 15.5. The number of benzene rings is 3. The topological polar surface area (TPSA) is 182 Å². The van der Waals surface area contributed by atoms with Crippen LogP contribution in [0.4, 0.5) is 22.1 Å². The summed E-state index contributed by atoms with van der Waals surface area (Å²) in [4.78, 5) is 65.1. The quantitative estimate of drug-likeness (QED) is 0.0736. The van der Waals surface area contributed by atoms with Crippen molar-refractivity contribution >= 4 is 41.4 Å². The average Bonchev–Trinajstić information content (AvgIpc) is 3.12. The molecule has 0 aliphatic heterocycles. The third-order valence-corrected chi connectivity index (χ3v) is 8.45. The van der Waals surface area contributed by atoms with E-state index in [-0.39, 0.29) is 24.3 Å². The van der Waals surface area contributed by atoms with E-state index in [1.54, 1.807) is 30.3 Å². The number of carbonyl (C=O) groups is 5. The number of phenolic OH excluding ortho intramolecular Hbond substituents is 1. The third kappa shape index (κ3) is 10.0. The predicted molar refractivity (Wildman–Crippen MR) is 179 cm³/mol. The summed E-state index contributed by atoms with van der Waals surface area (Å²) in [5.74, 6) is -19.7. The van der Waals surface area contributed by atoms with Crippen LogP contribution in [-0.2, 0) is 42.7 Å². The van der Waals surface area contributed by atoms with E-state index in [4.69, 9.17) is 5.73 Å². The summed E-state index contributed by atoms with van der Waals surface area (Å²) in [5.41, 5.74) is 5.74. The summed E-state index contributed by atoms with van der Waals surface area (Å²) in [5, 5.41) is 21.1. The molecular weight excluding hydrogens is 717 g/mol. The number of aliphatic carboxylic acids is 1. The Morgan fingerprint density at radius 1 is 0.846 bits per heavy atom. The van der Waals surface area contributed by atoms with Gasteiger partial charge in [0, 0.05) is 12.0 Å². The highest BCUT2D eigenvalue weighted by atomic mass is 32.2. The number of carboxylic acids is 1. The number of nitrogens with zero attached hydrogens (tertiary/aromatic N) is 2. The second kappa shape index (κ2) is 18.4. The lowest BCUT2D eigenvalue weighted by Crippen LogP contribution is -2.65. The SMILES string of the molecule is CSCC[C@@H](C(=O)O)N(C(=O)CNC(=O)[C@@H](Cc1ccccc1)NC(=O)[C@@H](N)Cc1ccc(O)cc1)C(=O)[C@@](F)(N(F)F)C(F)(F)c1ccccc1. The summed E-state index contributed by atoms with van der Waals surface area (Å²) in [6.07, 6.45) is 0.604. The molecule has 0 fully saturated rings. The Kier molecular flexibility index (Phi) is 14.7. The van der Waals surface area contributed by atoms with Crippen molar-refractivity contribution in [3.8, 4) is 5.75 Å². The van der Waals surface area contributed by atoms with Gasteiger partial charge in [-0.3, -0.25) is 24.1 Å². The van der Waals surface area contributed by atoms with Gasteiger partial charge in [-0.05, 0) is 48.1 Å². The van der Waals surface area contributed by atoms with Crippen LogP contribution in [0.5, 0.6) is 5.75 Å². The number of phenols is 1. The minimum atomic E-state index is -5.58. The number of halogens is 5. The minimum Gasteiger partial charge on any atom is -0.508 e. The van der Waals surface area contributed by atoms with Crippen molar-refractivity contribution in [2.45, 2.75) is 49.1 Å². The highest BCUT2D eigenvalue weighted by molar-refractivity contribution is 7.98. The van der Waals surface area contributed by atoms with Gasteiger partial charge in [0.15, 0.2) is 0 Å². The van der Waals surface area contributed by atoms with E-state index < -0.39 is 88.2 Å². The number of alkyl halides is 3. The molecule has 3 rings (SSSR count). The van der Waals surface area contributed by atoms with E-state index >= 15 is 13.2 Å². The number of carboxylic acid groups (broad SMARTS) is 1. The Morgan fingerprint density at radius 2 is 1.40 bits per heavy atom. The van der Waals surface area contributed by atoms with Crippen molar-refractivity contribution in [2.24, 2.45) is 5.73 Å². The summed E-state index contributed by atoms with van der Waals surface area (Å²) >= 11 is 0.992. The standard InChI is InChI=1S/C34H36F5N5O7S/c1-52-17-16-27(31(49)50)43(32(51)34(37,44(38)39)33(35,36)23-10-6-3-7-11-23)28(46)20-41-30(48)26(19-21-8-4-2-5-9-21)42-29(47)25(40)18-22-12-14-24(45)15-13-22/h2-15,25-27,45H,16-20,40H2,1H3,(H,41,48)(H,42,47)(H,49,50)/t25-,26+,27-,34+/m0/s1. The number of aromatic hydroxyl groups is 1. The Bertz CT molecular complexity index is 1690. The Balaban J connectivity index is 1.93. The zero-order valence-electron chi connectivity index (χ0n) is 27.6. The molecule has 0 saturated carbocycles. The number of rotatable bonds is 18. The first kappa shape index (κ1) is 41.4. The van der Waals surface area contributed by atoms with Gasteiger partial charge in [-0.25, -0.2) is 9.18 Å². The van der Waals surface area contributed by atoms with E-state index in [1.165, 1.54) is 36.6 Å². The fourth-order valence-corrected chi connectivity index (χ4v) is 5.48. The number of imide groups is 1. The van der Waals surface area contributed by atoms with Crippen LogP contribution in [-0.4, -0.2) is 92.5 Å². The highest BCUT2D eigenvalue weighted by Crippen LogP contribution is 2.46. The lowest BCUT2D eigenvalue weighted by atomic mass is 9.96. The molecule has 6 N–H and O–H groups in total. The van der Waals surface area contributed by atoms with Crippen molar-refractivity contribution < 1.29 is 56.3 Å². The Hall–Kier alpha value is -5.07. The smallest absolute Gasteiger partial charge is 0.365 e. The van der Waals surface area contributed by atoms with Gasteiger partial charge in [0.2, 0.25) is 17.7 Å². The number of nitrogens with one attached hydrogen (secondary N) is 2. The van der Waals surface area contributed by atoms with Crippen LogP contribution in [0.1, 0.15) is 23.1 Å². The number of amides is 4. The fourth-order valence-electron chi connectivity index (χ4n) is 5.02. The number of nitrogens with two attached hydrogens (primary N) is 1. The molecule has 0 aliphatic rings. The lowest BCUT2D eigenvalue weighted by molar-refractivity contribution is -0.337. The summed E-state index contributed by atoms with van der Waals surface area (Å²) in [6.45, 7) is -1.36. The molecule has 12 nitrogen and oxygen atoms in total. The van der Waals surface area contributed by atoms with Crippen molar-refractivity contribution in [2.75, 3.05) is 18.6 Å². The molecule has 0 aromatic heterocycles. The second-order valence-electron chi connectivity index (χ2n) is 11.4. The van der Waals surface area contributed by atoms with Gasteiger partial charge >= 0.3 is 17.7 Å². The maximum absolute atomic E-state index is 16.0. The minimum absolute atomic E-state index is 0.0211. The van der Waals surface area contributed by atoms with Gasteiger partial charge < -0.3 is 26.6 Å². The van der Waals surface area contributed by atoms with Crippen LogP contribution in [0, 0.1) is 0 Å². The van der Waals surface area contributed by atoms with E-state index in [0.717, 1.165) is 23.9 Å². The molecule has 0 aliphatic carbocycles. The van der Waals surface area contributed by atoms with Gasteiger partial charge in [-0.1, -0.05) is 81.8 Å². The maximum atomic E-state index is 16.0. The monoisotopic (exact) mass is 753 g/mol. The van der Waals surface area contributed by atoms with E-state index in [1.807, 2.05) is 0 Å². The zero-order chi connectivity index (χ0) is 38.6. The molecule has 0 unspecified atom stereocenters.